The Bertz CT molecular complexity index is 320. The Morgan fingerprint density at radius 1 is 1.43 bits per heavy atom. The topological polar surface area (TPSA) is 58.9 Å². The van der Waals surface area contributed by atoms with Crippen molar-refractivity contribution in [2.75, 3.05) is 13.7 Å². The highest BCUT2D eigenvalue weighted by Gasteiger charge is 1.99. The summed E-state index contributed by atoms with van der Waals surface area (Å²) in [4.78, 5) is 3.88. The molecule has 4 nitrogen and oxygen atoms in total. The number of hydrogen-bond acceptors (Lipinski definition) is 4. The van der Waals surface area contributed by atoms with Gasteiger partial charge in [-0.3, -0.25) is 5.26 Å². The second kappa shape index (κ2) is 5.26. The molecule has 0 radical (unpaired) electrons. The molecule has 1 aromatic carbocycles. The van der Waals surface area contributed by atoms with Crippen molar-refractivity contribution in [2.45, 2.75) is 0 Å². The SMILES string of the molecule is COc1cc(/C=C/COO)ccc1O. The molecule has 0 aromatic heterocycles. The normalized spacial score (nSPS) is 10.7. The van der Waals surface area contributed by atoms with E-state index in [1.165, 1.54) is 13.2 Å². The van der Waals surface area contributed by atoms with E-state index in [0.29, 0.717) is 5.75 Å². The molecule has 76 valence electrons. The van der Waals surface area contributed by atoms with Gasteiger partial charge in [-0.05, 0) is 17.7 Å². The van der Waals surface area contributed by atoms with Gasteiger partial charge in [-0.25, -0.2) is 4.89 Å². The Labute approximate surface area is 81.9 Å². The first-order valence-corrected chi connectivity index (χ1v) is 4.08. The average molecular weight is 196 g/mol. The monoisotopic (exact) mass is 196 g/mol. The standard InChI is InChI=1S/C10H12O4/c1-13-10-7-8(3-2-6-14-12)4-5-9(10)11/h2-5,7,11-12H,6H2,1H3/b3-2+. The molecule has 0 heterocycles. The molecule has 0 unspecified atom stereocenters. The Balaban J connectivity index is 2.79. The minimum atomic E-state index is 0.100. The molecule has 1 aromatic rings. The van der Waals surface area contributed by atoms with Gasteiger partial charge in [0.15, 0.2) is 11.5 Å². The molecule has 0 atom stereocenters. The summed E-state index contributed by atoms with van der Waals surface area (Å²) in [5.41, 5.74) is 0.858. The van der Waals surface area contributed by atoms with Crippen LogP contribution < -0.4 is 4.74 Å². The van der Waals surface area contributed by atoms with Crippen molar-refractivity contribution >= 4 is 6.08 Å². The van der Waals surface area contributed by atoms with Gasteiger partial charge in [0.25, 0.3) is 0 Å². The molecule has 0 spiro atoms. The van der Waals surface area contributed by atoms with Crippen molar-refractivity contribution in [1.82, 2.24) is 0 Å². The van der Waals surface area contributed by atoms with Gasteiger partial charge >= 0.3 is 0 Å². The Hall–Kier alpha value is -1.52. The maximum atomic E-state index is 9.29. The van der Waals surface area contributed by atoms with Crippen LogP contribution in [0.25, 0.3) is 6.08 Å². The van der Waals surface area contributed by atoms with Crippen LogP contribution in [0.4, 0.5) is 0 Å². The highest BCUT2D eigenvalue weighted by molar-refractivity contribution is 5.55. The van der Waals surface area contributed by atoms with Crippen LogP contribution in [-0.4, -0.2) is 24.1 Å². The molecule has 0 saturated heterocycles. The van der Waals surface area contributed by atoms with Crippen LogP contribution in [-0.2, 0) is 4.89 Å². The predicted octanol–water partition coefficient (Wildman–Crippen LogP) is 1.90. The van der Waals surface area contributed by atoms with Crippen LogP contribution in [0.2, 0.25) is 0 Å². The van der Waals surface area contributed by atoms with Gasteiger partial charge in [0.05, 0.1) is 7.11 Å². The molecule has 2 N–H and O–H groups in total. The first-order valence-electron chi connectivity index (χ1n) is 4.08. The van der Waals surface area contributed by atoms with Gasteiger partial charge in [-0.2, -0.15) is 0 Å². The maximum Gasteiger partial charge on any atom is 0.161 e. The molecule has 0 aliphatic rings. The van der Waals surface area contributed by atoms with Crippen molar-refractivity contribution in [2.24, 2.45) is 0 Å². The molecule has 0 fully saturated rings. The summed E-state index contributed by atoms with van der Waals surface area (Å²) in [5, 5.41) is 17.4. The van der Waals surface area contributed by atoms with E-state index < -0.39 is 0 Å². The summed E-state index contributed by atoms with van der Waals surface area (Å²) >= 11 is 0. The van der Waals surface area contributed by atoms with Gasteiger partial charge < -0.3 is 9.84 Å². The number of phenolic OH excluding ortho intramolecular Hbond substituents is 1. The van der Waals surface area contributed by atoms with Crippen molar-refractivity contribution in [3.05, 3.63) is 29.8 Å². The summed E-state index contributed by atoms with van der Waals surface area (Å²) in [5.74, 6) is 0.514. The van der Waals surface area contributed by atoms with E-state index in [4.69, 9.17) is 9.99 Å². The van der Waals surface area contributed by atoms with Gasteiger partial charge in [0, 0.05) is 0 Å². The van der Waals surface area contributed by atoms with Crippen LogP contribution in [0.5, 0.6) is 11.5 Å². The molecule has 14 heavy (non-hydrogen) atoms. The van der Waals surface area contributed by atoms with E-state index in [1.807, 2.05) is 0 Å². The zero-order chi connectivity index (χ0) is 10.4. The fraction of sp³-hybridized carbons (Fsp3) is 0.200. The minimum Gasteiger partial charge on any atom is -0.504 e. The van der Waals surface area contributed by atoms with Crippen LogP contribution >= 0.6 is 0 Å². The van der Waals surface area contributed by atoms with Crippen LogP contribution in [0.15, 0.2) is 24.3 Å². The lowest BCUT2D eigenvalue weighted by molar-refractivity contribution is -0.231. The smallest absolute Gasteiger partial charge is 0.161 e. The second-order valence-corrected chi connectivity index (χ2v) is 2.63. The van der Waals surface area contributed by atoms with Gasteiger partial charge in [-0.15, -0.1) is 0 Å². The highest BCUT2D eigenvalue weighted by atomic mass is 17.1. The molecular formula is C10H12O4. The number of hydrogen-bond donors (Lipinski definition) is 2. The van der Waals surface area contributed by atoms with Gasteiger partial charge in [0.1, 0.15) is 6.61 Å². The molecule has 0 saturated carbocycles. The number of phenols is 1. The first-order chi connectivity index (χ1) is 6.77. The average Bonchev–Trinajstić information content (AvgIpc) is 2.21. The molecule has 0 bridgehead atoms. The number of aromatic hydroxyl groups is 1. The quantitative estimate of drug-likeness (QED) is 0.570. The molecule has 0 amide bonds. The van der Waals surface area contributed by atoms with Crippen LogP contribution in [0, 0.1) is 0 Å². The molecular weight excluding hydrogens is 184 g/mol. The molecule has 0 aliphatic heterocycles. The Morgan fingerprint density at radius 3 is 2.86 bits per heavy atom. The van der Waals surface area contributed by atoms with E-state index in [2.05, 4.69) is 4.89 Å². The summed E-state index contributed by atoms with van der Waals surface area (Å²) in [6.07, 6.45) is 3.39. The number of methoxy groups -OCH3 is 1. The van der Waals surface area contributed by atoms with E-state index in [1.54, 1.807) is 24.3 Å². The van der Waals surface area contributed by atoms with E-state index in [0.717, 1.165) is 5.56 Å². The van der Waals surface area contributed by atoms with Crippen LogP contribution in [0.3, 0.4) is 0 Å². The third-order valence-corrected chi connectivity index (χ3v) is 1.68. The minimum absolute atomic E-state index is 0.100. The highest BCUT2D eigenvalue weighted by Crippen LogP contribution is 2.26. The molecule has 4 heteroatoms. The zero-order valence-corrected chi connectivity index (χ0v) is 7.80. The molecule has 1 rings (SSSR count). The predicted molar refractivity (Wildman–Crippen MR) is 52.3 cm³/mol. The Morgan fingerprint density at radius 2 is 2.21 bits per heavy atom. The maximum absolute atomic E-state index is 9.29. The fourth-order valence-electron chi connectivity index (χ4n) is 1.03. The lowest BCUT2D eigenvalue weighted by Crippen LogP contribution is -1.85. The largest absolute Gasteiger partial charge is 0.504 e. The second-order valence-electron chi connectivity index (χ2n) is 2.63. The van der Waals surface area contributed by atoms with Crippen molar-refractivity contribution in [3.8, 4) is 11.5 Å². The number of rotatable bonds is 4. The zero-order valence-electron chi connectivity index (χ0n) is 7.80. The fourth-order valence-corrected chi connectivity index (χ4v) is 1.03. The van der Waals surface area contributed by atoms with Gasteiger partial charge in [0.2, 0.25) is 0 Å². The summed E-state index contributed by atoms with van der Waals surface area (Å²) in [6, 6.07) is 4.95. The summed E-state index contributed by atoms with van der Waals surface area (Å²) < 4.78 is 4.93. The summed E-state index contributed by atoms with van der Waals surface area (Å²) in [6.45, 7) is 0.128. The third-order valence-electron chi connectivity index (χ3n) is 1.68. The third kappa shape index (κ3) is 2.76. The van der Waals surface area contributed by atoms with E-state index in [-0.39, 0.29) is 12.4 Å². The first kappa shape index (κ1) is 10.6. The van der Waals surface area contributed by atoms with Crippen molar-refractivity contribution < 1.29 is 20.0 Å². The summed E-state index contributed by atoms with van der Waals surface area (Å²) in [7, 11) is 1.49. The number of benzene rings is 1. The van der Waals surface area contributed by atoms with Gasteiger partial charge in [-0.1, -0.05) is 18.2 Å². The van der Waals surface area contributed by atoms with E-state index in [9.17, 15) is 5.11 Å². The Kier molecular flexibility index (Phi) is 3.97. The number of ether oxygens (including phenoxy) is 1. The van der Waals surface area contributed by atoms with Crippen molar-refractivity contribution in [3.63, 3.8) is 0 Å². The molecule has 0 aliphatic carbocycles. The lowest BCUT2D eigenvalue weighted by atomic mass is 10.2. The van der Waals surface area contributed by atoms with E-state index >= 15 is 0 Å². The van der Waals surface area contributed by atoms with Crippen molar-refractivity contribution in [1.29, 1.82) is 0 Å². The van der Waals surface area contributed by atoms with Crippen LogP contribution in [0.1, 0.15) is 5.56 Å². The lowest BCUT2D eigenvalue weighted by Gasteiger charge is -2.03.